The van der Waals surface area contributed by atoms with Crippen LogP contribution in [-0.2, 0) is 4.79 Å². The fourth-order valence-corrected chi connectivity index (χ4v) is 4.27. The molecule has 0 spiro atoms. The number of pyridine rings is 1. The molecule has 3 heterocycles. The Kier molecular flexibility index (Phi) is 6.05. The summed E-state index contributed by atoms with van der Waals surface area (Å²) in [5.74, 6) is -0.604. The van der Waals surface area contributed by atoms with Crippen LogP contribution in [0.3, 0.4) is 0 Å². The number of H-pyrrole nitrogens is 1. The smallest absolute Gasteiger partial charge is 0.408 e. The summed E-state index contributed by atoms with van der Waals surface area (Å²) in [7, 11) is 0. The summed E-state index contributed by atoms with van der Waals surface area (Å²) in [5, 5.41) is 6.43. The van der Waals surface area contributed by atoms with Crippen molar-refractivity contribution in [2.75, 3.05) is 17.3 Å². The van der Waals surface area contributed by atoms with Crippen molar-refractivity contribution in [2.24, 2.45) is 0 Å². The summed E-state index contributed by atoms with van der Waals surface area (Å²) < 4.78 is 9.22. The molecule has 0 fully saturated rings. The van der Waals surface area contributed by atoms with Crippen LogP contribution < -0.4 is 16.4 Å². The van der Waals surface area contributed by atoms with Crippen molar-refractivity contribution in [1.29, 1.82) is 0 Å². The number of aryl methyl sites for hydroxylation is 1. The highest BCUT2D eigenvalue weighted by molar-refractivity contribution is 7.98. The molecule has 3 aromatic heterocycles. The Balaban J connectivity index is 1.51. The molecule has 160 valence electrons. The fourth-order valence-electron chi connectivity index (χ4n) is 3.07. The number of amides is 2. The zero-order valence-electron chi connectivity index (χ0n) is 16.7. The molecule has 0 radical (unpaired) electrons. The Morgan fingerprint density at radius 1 is 1.32 bits per heavy atom. The van der Waals surface area contributed by atoms with E-state index in [1.54, 1.807) is 36.0 Å². The van der Waals surface area contributed by atoms with E-state index >= 15 is 0 Å². The van der Waals surface area contributed by atoms with E-state index in [9.17, 15) is 14.4 Å². The van der Waals surface area contributed by atoms with Gasteiger partial charge in [-0.2, -0.15) is 16.1 Å². The number of anilines is 1. The highest BCUT2D eigenvalue weighted by Crippen LogP contribution is 2.21. The summed E-state index contributed by atoms with van der Waals surface area (Å²) in [5.41, 5.74) is 2.55. The van der Waals surface area contributed by atoms with E-state index in [0.717, 1.165) is 15.9 Å². The van der Waals surface area contributed by atoms with Gasteiger partial charge in [0.2, 0.25) is 5.91 Å². The molecule has 0 aliphatic rings. The van der Waals surface area contributed by atoms with Gasteiger partial charge in [0, 0.05) is 17.3 Å². The quantitative estimate of drug-likeness (QED) is 0.389. The minimum Gasteiger partial charge on any atom is -0.408 e. The monoisotopic (exact) mass is 457 g/mol. The summed E-state index contributed by atoms with van der Waals surface area (Å²) in [6.45, 7) is 1.86. The molecule has 3 N–H and O–H groups in total. The molecule has 4 aromatic rings. The number of rotatable bonds is 7. The second-order valence-electron chi connectivity index (χ2n) is 6.87. The maximum absolute atomic E-state index is 12.9. The van der Waals surface area contributed by atoms with Gasteiger partial charge >= 0.3 is 5.76 Å². The minimum atomic E-state index is -0.739. The Morgan fingerprint density at radius 3 is 2.97 bits per heavy atom. The molecule has 4 rings (SSSR count). The van der Waals surface area contributed by atoms with Gasteiger partial charge in [-0.3, -0.25) is 14.6 Å². The van der Waals surface area contributed by atoms with Crippen LogP contribution in [0.2, 0.25) is 0 Å². The van der Waals surface area contributed by atoms with Crippen molar-refractivity contribution in [2.45, 2.75) is 19.4 Å². The van der Waals surface area contributed by atoms with Crippen LogP contribution in [0.4, 0.5) is 5.69 Å². The van der Waals surface area contributed by atoms with Gasteiger partial charge in [0.25, 0.3) is 5.91 Å². The zero-order valence-corrected chi connectivity index (χ0v) is 18.4. The van der Waals surface area contributed by atoms with E-state index in [2.05, 4.69) is 25.0 Å². The first-order chi connectivity index (χ1) is 14.9. The number of oxazole rings is 1. The molecule has 0 saturated heterocycles. The van der Waals surface area contributed by atoms with Crippen LogP contribution in [0.5, 0.6) is 0 Å². The Bertz CT molecular complexity index is 1330. The molecule has 11 heteroatoms. The Hall–Kier alpha value is -3.18. The molecule has 1 aromatic carbocycles. The number of fused-ring (bicyclic) bond motifs is 2. The normalized spacial score (nSPS) is 12.2. The first kappa shape index (κ1) is 21.1. The molecule has 0 aliphatic heterocycles. The number of nitrogens with one attached hydrogen (secondary N) is 3. The average molecular weight is 458 g/mol. The number of hydrogen-bond donors (Lipinski definition) is 3. The third kappa shape index (κ3) is 4.62. The standard InChI is InChI=1S/C20H19N5O4S2/c1-10-13-7-11(9-21-19(13)31-25-10)17(26)23-14(5-6-30-2)18(27)22-12-3-4-16-15(8-12)24-20(28)29-16/h3-4,7-9,14H,5-6H2,1-2H3,(H,22,27)(H,23,26)(H,24,28). The van der Waals surface area contributed by atoms with Crippen LogP contribution in [0.15, 0.2) is 39.7 Å². The first-order valence-corrected chi connectivity index (χ1v) is 11.6. The lowest BCUT2D eigenvalue weighted by Crippen LogP contribution is -2.44. The molecule has 2 amide bonds. The predicted molar refractivity (Wildman–Crippen MR) is 122 cm³/mol. The second-order valence-corrected chi connectivity index (χ2v) is 8.60. The van der Waals surface area contributed by atoms with Gasteiger partial charge in [-0.25, -0.2) is 9.78 Å². The van der Waals surface area contributed by atoms with Gasteiger partial charge in [-0.05, 0) is 61.2 Å². The SMILES string of the molecule is CSCCC(NC(=O)c1cnc2snc(C)c2c1)C(=O)Nc1ccc2oc(=O)[nH]c2c1. The lowest BCUT2D eigenvalue weighted by molar-refractivity contribution is -0.118. The number of carbonyl (C=O) groups is 2. The van der Waals surface area contributed by atoms with E-state index < -0.39 is 11.8 Å². The number of carbonyl (C=O) groups excluding carboxylic acids is 2. The number of benzene rings is 1. The topological polar surface area (TPSA) is 130 Å². The lowest BCUT2D eigenvalue weighted by atomic mass is 10.1. The lowest BCUT2D eigenvalue weighted by Gasteiger charge is -2.18. The van der Waals surface area contributed by atoms with Gasteiger partial charge in [0.1, 0.15) is 10.9 Å². The molecular weight excluding hydrogens is 438 g/mol. The van der Waals surface area contributed by atoms with Crippen molar-refractivity contribution in [3.8, 4) is 0 Å². The van der Waals surface area contributed by atoms with Crippen LogP contribution in [0.25, 0.3) is 21.3 Å². The van der Waals surface area contributed by atoms with Crippen molar-refractivity contribution < 1.29 is 14.0 Å². The average Bonchev–Trinajstić information content (AvgIpc) is 3.31. The number of aromatic nitrogens is 3. The van der Waals surface area contributed by atoms with E-state index in [-0.39, 0.29) is 11.8 Å². The largest absolute Gasteiger partial charge is 0.417 e. The van der Waals surface area contributed by atoms with Crippen molar-refractivity contribution >= 4 is 62.1 Å². The molecule has 9 nitrogen and oxygen atoms in total. The second kappa shape index (κ2) is 8.90. The van der Waals surface area contributed by atoms with E-state index in [0.29, 0.717) is 34.5 Å². The molecular formula is C20H19N5O4S2. The number of aromatic amines is 1. The predicted octanol–water partition coefficient (Wildman–Crippen LogP) is 2.92. The van der Waals surface area contributed by atoms with Gasteiger partial charge in [-0.15, -0.1) is 0 Å². The number of nitrogens with zero attached hydrogens (tertiary/aromatic N) is 2. The summed E-state index contributed by atoms with van der Waals surface area (Å²) in [6, 6.07) is 5.83. The van der Waals surface area contributed by atoms with Crippen LogP contribution in [0, 0.1) is 6.92 Å². The van der Waals surface area contributed by atoms with Gasteiger partial charge < -0.3 is 15.1 Å². The van der Waals surface area contributed by atoms with Crippen LogP contribution in [-0.4, -0.2) is 44.2 Å². The van der Waals surface area contributed by atoms with E-state index in [1.165, 1.54) is 17.7 Å². The molecule has 1 unspecified atom stereocenters. The Labute approximate surface area is 184 Å². The third-order valence-electron chi connectivity index (χ3n) is 4.69. The van der Waals surface area contributed by atoms with E-state index in [1.807, 2.05) is 13.2 Å². The Morgan fingerprint density at radius 2 is 2.16 bits per heavy atom. The maximum Gasteiger partial charge on any atom is 0.417 e. The van der Waals surface area contributed by atoms with E-state index in [4.69, 9.17) is 4.42 Å². The van der Waals surface area contributed by atoms with Gasteiger partial charge in [-0.1, -0.05) is 0 Å². The van der Waals surface area contributed by atoms with Gasteiger partial charge in [0.05, 0.1) is 16.8 Å². The molecule has 31 heavy (non-hydrogen) atoms. The van der Waals surface area contributed by atoms with Crippen LogP contribution in [0.1, 0.15) is 22.5 Å². The van der Waals surface area contributed by atoms with Crippen molar-refractivity contribution in [3.05, 3.63) is 52.3 Å². The summed E-state index contributed by atoms with van der Waals surface area (Å²) in [4.78, 5) is 44.6. The highest BCUT2D eigenvalue weighted by Gasteiger charge is 2.22. The molecule has 1 atom stereocenters. The third-order valence-corrected chi connectivity index (χ3v) is 6.20. The number of hydrogen-bond acceptors (Lipinski definition) is 8. The number of thioether (sulfide) groups is 1. The zero-order chi connectivity index (χ0) is 22.0. The minimum absolute atomic E-state index is 0.352. The summed E-state index contributed by atoms with van der Waals surface area (Å²) >= 11 is 2.86. The first-order valence-electron chi connectivity index (χ1n) is 9.40. The van der Waals surface area contributed by atoms with Crippen LogP contribution >= 0.6 is 23.3 Å². The molecule has 0 saturated carbocycles. The molecule has 0 bridgehead atoms. The van der Waals surface area contributed by atoms with Crippen molar-refractivity contribution in [3.63, 3.8) is 0 Å². The molecule has 0 aliphatic carbocycles. The van der Waals surface area contributed by atoms with Crippen molar-refractivity contribution in [1.82, 2.24) is 19.7 Å². The van der Waals surface area contributed by atoms with Gasteiger partial charge in [0.15, 0.2) is 5.58 Å². The summed E-state index contributed by atoms with van der Waals surface area (Å²) in [6.07, 6.45) is 3.88. The fraction of sp³-hybridized carbons (Fsp3) is 0.250. The maximum atomic E-state index is 12.9. The highest BCUT2D eigenvalue weighted by atomic mass is 32.2.